The van der Waals surface area contributed by atoms with Crippen LogP contribution in [-0.4, -0.2) is 89.2 Å². The van der Waals surface area contributed by atoms with E-state index in [9.17, 15) is 37.1 Å². The maximum Gasteiger partial charge on any atom is 0.416 e. The maximum atomic E-state index is 13.5. The molecule has 18 heteroatoms. The third kappa shape index (κ3) is 8.42. The number of nitrogens with one attached hydrogen (secondary N) is 3. The topological polar surface area (TPSA) is 198 Å². The Hall–Kier alpha value is -6.46. The van der Waals surface area contributed by atoms with Crippen molar-refractivity contribution in [2.24, 2.45) is 5.41 Å². The second-order valence-corrected chi connectivity index (χ2v) is 15.3. The van der Waals surface area contributed by atoms with Crippen LogP contribution in [0, 0.1) is 12.3 Å². The van der Waals surface area contributed by atoms with Crippen LogP contribution in [0.4, 0.5) is 30.4 Å². The molecular weight excluding hydrogens is 773 g/mol. The average molecular weight is 817 g/mol. The Kier molecular flexibility index (Phi) is 10.8. The van der Waals surface area contributed by atoms with Gasteiger partial charge in [0.1, 0.15) is 17.7 Å². The first-order valence-corrected chi connectivity index (χ1v) is 19.0. The Morgan fingerprint density at radius 3 is 2.54 bits per heavy atom. The zero-order chi connectivity index (χ0) is 42.4. The fourth-order valence-electron chi connectivity index (χ4n) is 7.52. The minimum Gasteiger partial charge on any atom is -0.493 e. The number of imide groups is 2. The first-order chi connectivity index (χ1) is 28.0. The van der Waals surface area contributed by atoms with Gasteiger partial charge < -0.3 is 30.7 Å². The van der Waals surface area contributed by atoms with E-state index in [0.29, 0.717) is 51.8 Å². The van der Waals surface area contributed by atoms with Gasteiger partial charge in [-0.05, 0) is 75.1 Å². The summed E-state index contributed by atoms with van der Waals surface area (Å²) in [4.78, 5) is 75.7. The van der Waals surface area contributed by atoms with E-state index >= 15 is 0 Å². The minimum absolute atomic E-state index is 0.0110. The summed E-state index contributed by atoms with van der Waals surface area (Å²) in [5.41, 5.74) is 6.10. The number of nitrogens with zero attached hydrogens (tertiary/aromatic N) is 4. The van der Waals surface area contributed by atoms with Gasteiger partial charge in [0.25, 0.3) is 11.8 Å². The Balaban J connectivity index is 0.983. The van der Waals surface area contributed by atoms with E-state index in [1.165, 1.54) is 19.2 Å². The monoisotopic (exact) mass is 816 g/mol. The van der Waals surface area contributed by atoms with E-state index in [0.717, 1.165) is 29.9 Å². The Morgan fingerprint density at radius 2 is 1.85 bits per heavy atom. The molecule has 2 fully saturated rings. The number of halogens is 3. The van der Waals surface area contributed by atoms with Gasteiger partial charge in [-0.2, -0.15) is 13.2 Å². The van der Waals surface area contributed by atoms with Gasteiger partial charge >= 0.3 is 6.18 Å². The average Bonchev–Trinajstić information content (AvgIpc) is 3.90. The molecule has 310 valence electrons. The van der Waals surface area contributed by atoms with Crippen LogP contribution >= 0.6 is 0 Å². The summed E-state index contributed by atoms with van der Waals surface area (Å²) >= 11 is 0. The predicted molar refractivity (Wildman–Crippen MR) is 210 cm³/mol. The first-order valence-electron chi connectivity index (χ1n) is 19.0. The Labute approximate surface area is 336 Å². The molecule has 15 nitrogen and oxygen atoms in total. The quantitative estimate of drug-likeness (QED) is 0.0956. The SMILES string of the molecule is COc1cc2nc(C)nc(N[C@H](C)c3cc(N)cc(C(F)(F)F)c3)c2cc1OCC1(CN(C)C(=O)CCNc2cccc3c2C(=O)N(C2CCC(=O)NC2=O)C3=O)CC1. The second kappa shape index (κ2) is 15.7. The Morgan fingerprint density at radius 1 is 1.08 bits per heavy atom. The first kappa shape index (κ1) is 40.7. The number of rotatable bonds is 14. The van der Waals surface area contributed by atoms with Crippen LogP contribution in [0.15, 0.2) is 48.5 Å². The normalized spacial score (nSPS) is 17.7. The fourth-order valence-corrected chi connectivity index (χ4v) is 7.52. The lowest BCUT2D eigenvalue weighted by Gasteiger charge is -2.27. The van der Waals surface area contributed by atoms with Crippen molar-refractivity contribution in [3.05, 3.63) is 76.6 Å². The van der Waals surface area contributed by atoms with E-state index < -0.39 is 47.5 Å². The van der Waals surface area contributed by atoms with Gasteiger partial charge in [-0.25, -0.2) is 9.97 Å². The van der Waals surface area contributed by atoms with Gasteiger partial charge in [0.2, 0.25) is 17.7 Å². The van der Waals surface area contributed by atoms with Crippen LogP contribution in [0.5, 0.6) is 11.5 Å². The summed E-state index contributed by atoms with van der Waals surface area (Å²) in [5.74, 6) is -0.953. The standard InChI is InChI=1S/C41H43F3N8O7/c1-21(23-14-24(41(42,43)44)16-25(45)15-23)47-36-27-17-32(31(58-4)18-29(27)48-22(2)49-36)59-20-40(11-12-40)19-51(3)34(54)10-13-46-28-7-5-6-26-35(28)39(57)52(38(26)56)30-8-9-33(53)50-37(30)55/h5-7,14-18,21,30,46H,8-13,19-20,45H2,1-4H3,(H,47,48,49)(H,50,53,55)/t21-,30?/m1/s1. The van der Waals surface area contributed by atoms with E-state index in [1.807, 2.05) is 0 Å². The van der Waals surface area contributed by atoms with Crippen LogP contribution < -0.4 is 31.2 Å². The Bertz CT molecular complexity index is 2390. The van der Waals surface area contributed by atoms with Crippen LogP contribution in [-0.2, 0) is 20.6 Å². The van der Waals surface area contributed by atoms with Crippen LogP contribution in [0.25, 0.3) is 10.9 Å². The van der Waals surface area contributed by atoms with Crippen molar-refractivity contribution in [2.45, 2.75) is 64.2 Å². The number of carbonyl (C=O) groups excluding carboxylic acids is 5. The number of carbonyl (C=O) groups is 5. The lowest BCUT2D eigenvalue weighted by Crippen LogP contribution is -2.54. The molecule has 59 heavy (non-hydrogen) atoms. The summed E-state index contributed by atoms with van der Waals surface area (Å²) in [6.45, 7) is 4.24. The van der Waals surface area contributed by atoms with Crippen molar-refractivity contribution in [3.8, 4) is 11.5 Å². The van der Waals surface area contributed by atoms with Crippen molar-refractivity contribution in [1.82, 2.24) is 25.1 Å². The highest BCUT2D eigenvalue weighted by atomic mass is 19.4. The fraction of sp³-hybridized carbons (Fsp3) is 0.390. The highest BCUT2D eigenvalue weighted by Crippen LogP contribution is 2.47. The van der Waals surface area contributed by atoms with E-state index in [1.54, 1.807) is 50.1 Å². The lowest BCUT2D eigenvalue weighted by molar-refractivity contribution is -0.138. The van der Waals surface area contributed by atoms with Crippen LogP contribution in [0.1, 0.15) is 82.7 Å². The van der Waals surface area contributed by atoms with Crippen molar-refractivity contribution >= 4 is 57.6 Å². The van der Waals surface area contributed by atoms with Gasteiger partial charge in [0.15, 0.2) is 11.5 Å². The summed E-state index contributed by atoms with van der Waals surface area (Å²) in [7, 11) is 3.21. The number of nitrogen functional groups attached to an aromatic ring is 1. The molecule has 5 amide bonds. The van der Waals surface area contributed by atoms with E-state index in [2.05, 4.69) is 25.9 Å². The molecule has 5 N–H and O–H groups in total. The summed E-state index contributed by atoms with van der Waals surface area (Å²) in [6, 6.07) is 9.89. The number of benzene rings is 3. The predicted octanol–water partition coefficient (Wildman–Crippen LogP) is 5.24. The number of aromatic nitrogens is 2. The third-order valence-electron chi connectivity index (χ3n) is 10.9. The number of hydrogen-bond acceptors (Lipinski definition) is 12. The molecule has 7 rings (SSSR count). The maximum absolute atomic E-state index is 13.5. The van der Waals surface area contributed by atoms with Crippen molar-refractivity contribution in [2.75, 3.05) is 50.2 Å². The van der Waals surface area contributed by atoms with Crippen molar-refractivity contribution in [1.29, 1.82) is 0 Å². The molecule has 1 saturated carbocycles. The van der Waals surface area contributed by atoms with Gasteiger partial charge in [0.05, 0.1) is 42.0 Å². The molecule has 0 radical (unpaired) electrons. The number of amides is 5. The summed E-state index contributed by atoms with van der Waals surface area (Å²) in [5, 5.41) is 9.07. The van der Waals surface area contributed by atoms with Crippen molar-refractivity contribution in [3.63, 3.8) is 0 Å². The zero-order valence-electron chi connectivity index (χ0n) is 32.8. The number of ether oxygens (including phenoxy) is 2. The van der Waals surface area contributed by atoms with Crippen LogP contribution in [0.3, 0.4) is 0 Å². The molecule has 1 aromatic heterocycles. The number of methoxy groups -OCH3 is 1. The molecule has 1 aliphatic carbocycles. The number of nitrogens with two attached hydrogens (primary N) is 1. The molecular formula is C41H43F3N8O7. The second-order valence-electron chi connectivity index (χ2n) is 15.3. The third-order valence-corrected chi connectivity index (χ3v) is 10.9. The number of piperidine rings is 1. The summed E-state index contributed by atoms with van der Waals surface area (Å²) in [6.07, 6.45) is -2.82. The number of aryl methyl sites for hydroxylation is 1. The number of fused-ring (bicyclic) bond motifs is 2. The number of hydrogen-bond donors (Lipinski definition) is 4. The zero-order valence-corrected chi connectivity index (χ0v) is 32.8. The highest BCUT2D eigenvalue weighted by molar-refractivity contribution is 6.25. The molecule has 1 saturated heterocycles. The molecule has 3 aliphatic rings. The van der Waals surface area contributed by atoms with Gasteiger partial charge in [0, 0.05) is 61.2 Å². The number of anilines is 3. The lowest BCUT2D eigenvalue weighted by atomic mass is 10.0. The largest absolute Gasteiger partial charge is 0.493 e. The van der Waals surface area contributed by atoms with E-state index in [4.69, 9.17) is 15.2 Å². The molecule has 2 aliphatic heterocycles. The molecule has 0 bridgehead atoms. The number of alkyl halides is 3. The van der Waals surface area contributed by atoms with Crippen LogP contribution in [0.2, 0.25) is 0 Å². The molecule has 3 heterocycles. The van der Waals surface area contributed by atoms with Gasteiger partial charge in [-0.15, -0.1) is 0 Å². The molecule has 3 aromatic carbocycles. The molecule has 0 spiro atoms. The van der Waals surface area contributed by atoms with Crippen molar-refractivity contribution < 1.29 is 46.6 Å². The molecule has 4 aromatic rings. The molecule has 2 atom stereocenters. The smallest absolute Gasteiger partial charge is 0.416 e. The highest BCUT2D eigenvalue weighted by Gasteiger charge is 2.47. The van der Waals surface area contributed by atoms with Gasteiger partial charge in [-0.3, -0.25) is 34.2 Å². The van der Waals surface area contributed by atoms with E-state index in [-0.39, 0.29) is 60.6 Å². The summed E-state index contributed by atoms with van der Waals surface area (Å²) < 4.78 is 52.6. The molecule has 1 unspecified atom stereocenters. The van der Waals surface area contributed by atoms with Gasteiger partial charge in [-0.1, -0.05) is 6.07 Å². The minimum atomic E-state index is -4.56.